The Bertz CT molecular complexity index is 417. The van der Waals surface area contributed by atoms with E-state index in [9.17, 15) is 13.2 Å². The number of amides is 1. The summed E-state index contributed by atoms with van der Waals surface area (Å²) in [6.07, 6.45) is 3.47. The molecule has 21 heavy (non-hydrogen) atoms. The van der Waals surface area contributed by atoms with E-state index in [1.165, 1.54) is 0 Å². The minimum Gasteiger partial charge on any atom is -0.378 e. The fourth-order valence-corrected chi connectivity index (χ4v) is 2.99. The first-order chi connectivity index (χ1) is 9.78. The molecule has 1 aliphatic rings. The molecule has 0 atom stereocenters. The molecule has 1 fully saturated rings. The minimum absolute atomic E-state index is 0.0128. The van der Waals surface area contributed by atoms with Gasteiger partial charge in [0.15, 0.2) is 0 Å². The van der Waals surface area contributed by atoms with E-state index in [2.05, 4.69) is 10.0 Å². The number of ether oxygens (including phenoxy) is 1. The standard InChI is InChI=1S/C13H27N3O4S/c1-10(2)20-7-8-21(18,19)15-9-13(17)16-12-5-3-11(14)4-6-12/h10-12,15H,3-9,14H2,1-2H3,(H,16,17). The molecule has 0 saturated heterocycles. The second-order valence-corrected chi connectivity index (χ2v) is 7.67. The van der Waals surface area contributed by atoms with Gasteiger partial charge < -0.3 is 15.8 Å². The molecule has 0 spiro atoms. The Balaban J connectivity index is 2.22. The summed E-state index contributed by atoms with van der Waals surface area (Å²) in [6.45, 7) is 3.56. The first kappa shape index (κ1) is 18.3. The molecule has 0 aliphatic heterocycles. The highest BCUT2D eigenvalue weighted by molar-refractivity contribution is 7.89. The maximum absolute atomic E-state index is 11.7. The molecule has 0 bridgehead atoms. The highest BCUT2D eigenvalue weighted by Crippen LogP contribution is 2.16. The van der Waals surface area contributed by atoms with Gasteiger partial charge in [0.25, 0.3) is 0 Å². The van der Waals surface area contributed by atoms with Crippen molar-refractivity contribution in [1.29, 1.82) is 0 Å². The van der Waals surface area contributed by atoms with Crippen LogP contribution in [-0.4, -0.2) is 51.4 Å². The zero-order chi connectivity index (χ0) is 15.9. The van der Waals surface area contributed by atoms with Crippen LogP contribution in [-0.2, 0) is 19.6 Å². The monoisotopic (exact) mass is 321 g/mol. The number of nitrogens with two attached hydrogens (primary N) is 1. The maximum Gasteiger partial charge on any atom is 0.235 e. The SMILES string of the molecule is CC(C)OCCS(=O)(=O)NCC(=O)NC1CCC(N)CC1. The van der Waals surface area contributed by atoms with Gasteiger partial charge >= 0.3 is 0 Å². The fraction of sp³-hybridized carbons (Fsp3) is 0.923. The van der Waals surface area contributed by atoms with E-state index in [1.54, 1.807) is 0 Å². The van der Waals surface area contributed by atoms with Gasteiger partial charge in [0, 0.05) is 12.1 Å². The normalized spacial score (nSPS) is 23.2. The third kappa shape index (κ3) is 8.35. The van der Waals surface area contributed by atoms with Gasteiger partial charge in [0.1, 0.15) is 0 Å². The summed E-state index contributed by atoms with van der Waals surface area (Å²) in [6, 6.07) is 0.323. The lowest BCUT2D eigenvalue weighted by atomic mass is 9.92. The molecule has 0 aromatic carbocycles. The minimum atomic E-state index is -3.48. The van der Waals surface area contributed by atoms with Crippen LogP contribution < -0.4 is 15.8 Å². The summed E-state index contributed by atoms with van der Waals surface area (Å²) in [5.74, 6) is -0.444. The first-order valence-corrected chi connectivity index (χ1v) is 9.07. The van der Waals surface area contributed by atoms with Crippen molar-refractivity contribution in [2.75, 3.05) is 18.9 Å². The molecule has 0 heterocycles. The van der Waals surface area contributed by atoms with Crippen LogP contribution in [0.4, 0.5) is 0 Å². The summed E-state index contributed by atoms with van der Waals surface area (Å²) >= 11 is 0. The van der Waals surface area contributed by atoms with Crippen molar-refractivity contribution < 1.29 is 17.9 Å². The zero-order valence-electron chi connectivity index (χ0n) is 12.8. The van der Waals surface area contributed by atoms with Crippen LogP contribution in [0.25, 0.3) is 0 Å². The lowest BCUT2D eigenvalue weighted by molar-refractivity contribution is -0.120. The Morgan fingerprint density at radius 1 is 1.29 bits per heavy atom. The number of carbonyl (C=O) groups excluding carboxylic acids is 1. The maximum atomic E-state index is 11.7. The van der Waals surface area contributed by atoms with Crippen molar-refractivity contribution in [3.05, 3.63) is 0 Å². The third-order valence-electron chi connectivity index (χ3n) is 3.39. The van der Waals surface area contributed by atoms with Gasteiger partial charge in [-0.25, -0.2) is 13.1 Å². The van der Waals surface area contributed by atoms with Crippen LogP contribution in [0.15, 0.2) is 0 Å². The topological polar surface area (TPSA) is 111 Å². The molecule has 0 aromatic heterocycles. The van der Waals surface area contributed by atoms with Crippen molar-refractivity contribution in [2.24, 2.45) is 5.73 Å². The average Bonchev–Trinajstić information content (AvgIpc) is 2.39. The molecule has 1 aliphatic carbocycles. The van der Waals surface area contributed by atoms with Gasteiger partial charge in [0.2, 0.25) is 15.9 Å². The van der Waals surface area contributed by atoms with E-state index in [0.29, 0.717) is 0 Å². The van der Waals surface area contributed by atoms with Crippen molar-refractivity contribution >= 4 is 15.9 Å². The van der Waals surface area contributed by atoms with Crippen LogP contribution in [0.3, 0.4) is 0 Å². The Hall–Kier alpha value is -0.700. The summed E-state index contributed by atoms with van der Waals surface area (Å²) in [4.78, 5) is 11.7. The van der Waals surface area contributed by atoms with E-state index in [1.807, 2.05) is 13.8 Å². The Kier molecular flexibility index (Phi) is 7.58. The van der Waals surface area contributed by atoms with Crippen molar-refractivity contribution in [1.82, 2.24) is 10.0 Å². The predicted molar refractivity (Wildman–Crippen MR) is 81.3 cm³/mol. The van der Waals surface area contributed by atoms with E-state index >= 15 is 0 Å². The van der Waals surface area contributed by atoms with Gasteiger partial charge in [-0.2, -0.15) is 0 Å². The van der Waals surface area contributed by atoms with Crippen LogP contribution in [0.1, 0.15) is 39.5 Å². The van der Waals surface area contributed by atoms with Crippen molar-refractivity contribution in [3.63, 3.8) is 0 Å². The summed E-state index contributed by atoms with van der Waals surface area (Å²) < 4.78 is 30.8. The van der Waals surface area contributed by atoms with Crippen LogP contribution in [0, 0.1) is 0 Å². The highest BCUT2D eigenvalue weighted by atomic mass is 32.2. The Labute approximate surface area is 127 Å². The molecule has 1 amide bonds. The van der Waals surface area contributed by atoms with Gasteiger partial charge in [-0.1, -0.05) is 0 Å². The lowest BCUT2D eigenvalue weighted by Gasteiger charge is -2.26. The number of rotatable bonds is 8. The first-order valence-electron chi connectivity index (χ1n) is 7.42. The smallest absolute Gasteiger partial charge is 0.235 e. The van der Waals surface area contributed by atoms with Gasteiger partial charge in [-0.15, -0.1) is 0 Å². The molecular formula is C13H27N3O4S. The van der Waals surface area contributed by atoms with Crippen molar-refractivity contribution in [3.8, 4) is 0 Å². The summed E-state index contributed by atoms with van der Waals surface area (Å²) in [5, 5.41) is 2.83. The lowest BCUT2D eigenvalue weighted by Crippen LogP contribution is -2.45. The molecule has 1 rings (SSSR count). The van der Waals surface area contributed by atoms with Gasteiger partial charge in [-0.3, -0.25) is 4.79 Å². The number of nitrogens with one attached hydrogen (secondary N) is 2. The number of carbonyl (C=O) groups is 1. The van der Waals surface area contributed by atoms with Crippen LogP contribution >= 0.6 is 0 Å². The molecule has 8 heteroatoms. The molecule has 4 N–H and O–H groups in total. The molecule has 0 radical (unpaired) electrons. The van der Waals surface area contributed by atoms with Crippen LogP contribution in [0.5, 0.6) is 0 Å². The van der Waals surface area contributed by atoms with Crippen molar-refractivity contribution in [2.45, 2.75) is 57.7 Å². The quantitative estimate of drug-likeness (QED) is 0.569. The van der Waals surface area contributed by atoms with E-state index < -0.39 is 10.0 Å². The Morgan fingerprint density at radius 2 is 1.90 bits per heavy atom. The largest absolute Gasteiger partial charge is 0.378 e. The highest BCUT2D eigenvalue weighted by Gasteiger charge is 2.20. The molecule has 0 unspecified atom stereocenters. The predicted octanol–water partition coefficient (Wildman–Crippen LogP) is -0.283. The van der Waals surface area contributed by atoms with Gasteiger partial charge in [0.05, 0.1) is 25.0 Å². The molecule has 124 valence electrons. The molecule has 1 saturated carbocycles. The molecule has 0 aromatic rings. The van der Waals surface area contributed by atoms with Crippen LogP contribution in [0.2, 0.25) is 0 Å². The second-order valence-electron chi connectivity index (χ2n) is 5.74. The number of hydrogen-bond acceptors (Lipinski definition) is 5. The summed E-state index contributed by atoms with van der Waals surface area (Å²) in [7, 11) is -3.48. The molecule has 7 nitrogen and oxygen atoms in total. The third-order valence-corrected chi connectivity index (χ3v) is 4.68. The van der Waals surface area contributed by atoms with E-state index in [0.717, 1.165) is 25.7 Å². The number of hydrogen-bond donors (Lipinski definition) is 3. The second kappa shape index (κ2) is 8.67. The summed E-state index contributed by atoms with van der Waals surface area (Å²) in [5.41, 5.74) is 5.79. The van der Waals surface area contributed by atoms with E-state index in [-0.39, 0.29) is 43.0 Å². The van der Waals surface area contributed by atoms with Gasteiger partial charge in [-0.05, 0) is 39.5 Å². The molecular weight excluding hydrogens is 294 g/mol. The number of sulfonamides is 1. The average molecular weight is 321 g/mol. The van der Waals surface area contributed by atoms with E-state index in [4.69, 9.17) is 10.5 Å². The zero-order valence-corrected chi connectivity index (χ0v) is 13.6. The fourth-order valence-electron chi connectivity index (χ4n) is 2.18. The Morgan fingerprint density at radius 3 is 2.48 bits per heavy atom.